The number of methoxy groups -OCH3 is 1. The fourth-order valence-corrected chi connectivity index (χ4v) is 2.55. The van der Waals surface area contributed by atoms with E-state index in [1.807, 2.05) is 37.3 Å². The standard InChI is InChI=1S/C17H21NO3/c1-11(8-17(19)20)7-16(18)14-4-3-13-10-15(21-2)6-5-12(13)9-14/h3-6,9-11,16H,7-8,18H2,1-2H3,(H,19,20). The molecule has 0 heterocycles. The highest BCUT2D eigenvalue weighted by molar-refractivity contribution is 5.84. The van der Waals surface area contributed by atoms with Crippen LogP contribution in [0.2, 0.25) is 0 Å². The van der Waals surface area contributed by atoms with Crippen LogP contribution in [-0.2, 0) is 4.79 Å². The summed E-state index contributed by atoms with van der Waals surface area (Å²) < 4.78 is 5.21. The Hall–Kier alpha value is -2.07. The van der Waals surface area contributed by atoms with Gasteiger partial charge in [0.1, 0.15) is 5.75 Å². The minimum absolute atomic E-state index is 0.0593. The van der Waals surface area contributed by atoms with Gasteiger partial charge in [0.05, 0.1) is 7.11 Å². The minimum Gasteiger partial charge on any atom is -0.497 e. The van der Waals surface area contributed by atoms with Crippen molar-refractivity contribution in [1.29, 1.82) is 0 Å². The molecule has 0 spiro atoms. The Morgan fingerprint density at radius 3 is 2.57 bits per heavy atom. The monoisotopic (exact) mass is 287 g/mol. The maximum absolute atomic E-state index is 10.7. The molecule has 112 valence electrons. The summed E-state index contributed by atoms with van der Waals surface area (Å²) in [4.78, 5) is 10.7. The molecule has 2 aromatic carbocycles. The second-order valence-electron chi connectivity index (χ2n) is 5.52. The lowest BCUT2D eigenvalue weighted by Gasteiger charge is -2.17. The number of hydrogen-bond donors (Lipinski definition) is 2. The summed E-state index contributed by atoms with van der Waals surface area (Å²) in [5.74, 6) is 0.110. The average Bonchev–Trinajstić information content (AvgIpc) is 2.45. The maximum Gasteiger partial charge on any atom is 0.303 e. The molecule has 0 radical (unpaired) electrons. The predicted molar refractivity (Wildman–Crippen MR) is 83.5 cm³/mol. The zero-order valence-corrected chi connectivity index (χ0v) is 12.4. The number of carboxylic acid groups (broad SMARTS) is 1. The number of hydrogen-bond acceptors (Lipinski definition) is 3. The molecule has 2 aromatic rings. The van der Waals surface area contributed by atoms with Crippen LogP contribution in [0.1, 0.15) is 31.4 Å². The van der Waals surface area contributed by atoms with Crippen LogP contribution in [0.15, 0.2) is 36.4 Å². The molecule has 21 heavy (non-hydrogen) atoms. The van der Waals surface area contributed by atoms with E-state index < -0.39 is 5.97 Å². The number of carboxylic acids is 1. The summed E-state index contributed by atoms with van der Waals surface area (Å²) in [6.07, 6.45) is 0.812. The van der Waals surface area contributed by atoms with Crippen molar-refractivity contribution < 1.29 is 14.6 Å². The summed E-state index contributed by atoms with van der Waals surface area (Å²) in [5.41, 5.74) is 7.23. The molecule has 2 rings (SSSR count). The molecule has 3 N–H and O–H groups in total. The van der Waals surface area contributed by atoms with Crippen molar-refractivity contribution in [3.63, 3.8) is 0 Å². The van der Waals surface area contributed by atoms with Crippen molar-refractivity contribution in [1.82, 2.24) is 0 Å². The summed E-state index contributed by atoms with van der Waals surface area (Å²) in [5, 5.41) is 11.0. The Morgan fingerprint density at radius 2 is 1.90 bits per heavy atom. The molecule has 2 unspecified atom stereocenters. The Balaban J connectivity index is 2.16. The maximum atomic E-state index is 10.7. The normalized spacial score (nSPS) is 13.9. The van der Waals surface area contributed by atoms with E-state index in [2.05, 4.69) is 6.07 Å². The Bertz CT molecular complexity index is 639. The zero-order valence-electron chi connectivity index (χ0n) is 12.4. The topological polar surface area (TPSA) is 72.5 Å². The van der Waals surface area contributed by atoms with Gasteiger partial charge in [-0.1, -0.05) is 25.1 Å². The molecule has 0 saturated carbocycles. The van der Waals surface area contributed by atoms with Gasteiger partial charge in [-0.25, -0.2) is 0 Å². The van der Waals surface area contributed by atoms with Gasteiger partial charge in [-0.2, -0.15) is 0 Å². The van der Waals surface area contributed by atoms with E-state index in [-0.39, 0.29) is 18.4 Å². The van der Waals surface area contributed by atoms with Crippen molar-refractivity contribution in [2.45, 2.75) is 25.8 Å². The molecule has 0 saturated heterocycles. The first-order chi connectivity index (χ1) is 9.99. The lowest BCUT2D eigenvalue weighted by Crippen LogP contribution is -2.16. The van der Waals surface area contributed by atoms with Gasteiger partial charge in [0, 0.05) is 12.5 Å². The van der Waals surface area contributed by atoms with Gasteiger partial charge < -0.3 is 15.6 Å². The number of nitrogens with two attached hydrogens (primary N) is 1. The second-order valence-corrected chi connectivity index (χ2v) is 5.52. The molecule has 0 aliphatic heterocycles. The molecule has 0 aliphatic rings. The van der Waals surface area contributed by atoms with Crippen molar-refractivity contribution in [3.8, 4) is 5.75 Å². The van der Waals surface area contributed by atoms with Gasteiger partial charge in [-0.15, -0.1) is 0 Å². The molecule has 0 bridgehead atoms. The van der Waals surface area contributed by atoms with E-state index in [1.54, 1.807) is 7.11 Å². The van der Waals surface area contributed by atoms with Crippen molar-refractivity contribution in [2.75, 3.05) is 7.11 Å². The zero-order chi connectivity index (χ0) is 15.4. The van der Waals surface area contributed by atoms with Crippen molar-refractivity contribution in [2.24, 2.45) is 11.7 Å². The number of rotatable bonds is 6. The van der Waals surface area contributed by atoms with Gasteiger partial charge in [-0.05, 0) is 46.9 Å². The van der Waals surface area contributed by atoms with Crippen LogP contribution in [0.5, 0.6) is 5.75 Å². The first kappa shape index (κ1) is 15.3. The van der Waals surface area contributed by atoms with Crippen LogP contribution < -0.4 is 10.5 Å². The van der Waals surface area contributed by atoms with Crippen molar-refractivity contribution in [3.05, 3.63) is 42.0 Å². The lowest BCUT2D eigenvalue weighted by atomic mass is 9.93. The molecule has 0 amide bonds. The Morgan fingerprint density at radius 1 is 1.24 bits per heavy atom. The van der Waals surface area contributed by atoms with Crippen LogP contribution in [0.4, 0.5) is 0 Å². The van der Waals surface area contributed by atoms with Gasteiger partial charge >= 0.3 is 5.97 Å². The van der Waals surface area contributed by atoms with E-state index >= 15 is 0 Å². The van der Waals surface area contributed by atoms with E-state index in [4.69, 9.17) is 15.6 Å². The van der Waals surface area contributed by atoms with E-state index in [0.717, 1.165) is 22.1 Å². The van der Waals surface area contributed by atoms with Crippen LogP contribution >= 0.6 is 0 Å². The van der Waals surface area contributed by atoms with E-state index in [1.165, 1.54) is 0 Å². The molecule has 0 aromatic heterocycles. The third-order valence-electron chi connectivity index (χ3n) is 3.68. The third kappa shape index (κ3) is 3.95. The molecule has 0 fully saturated rings. The minimum atomic E-state index is -0.777. The van der Waals surface area contributed by atoms with Crippen LogP contribution in [-0.4, -0.2) is 18.2 Å². The summed E-state index contributed by atoms with van der Waals surface area (Å²) >= 11 is 0. The van der Waals surface area contributed by atoms with Crippen molar-refractivity contribution >= 4 is 16.7 Å². The third-order valence-corrected chi connectivity index (χ3v) is 3.68. The quantitative estimate of drug-likeness (QED) is 0.854. The molecule has 2 atom stereocenters. The highest BCUT2D eigenvalue weighted by Gasteiger charge is 2.14. The van der Waals surface area contributed by atoms with Gasteiger partial charge in [-0.3, -0.25) is 4.79 Å². The highest BCUT2D eigenvalue weighted by atomic mass is 16.5. The average molecular weight is 287 g/mol. The summed E-state index contributed by atoms with van der Waals surface area (Å²) in [6.45, 7) is 1.92. The largest absolute Gasteiger partial charge is 0.497 e. The Labute approximate surface area is 124 Å². The van der Waals surface area contributed by atoms with Crippen LogP contribution in [0, 0.1) is 5.92 Å². The molecular weight excluding hydrogens is 266 g/mol. The fraction of sp³-hybridized carbons (Fsp3) is 0.353. The number of fused-ring (bicyclic) bond motifs is 1. The first-order valence-corrected chi connectivity index (χ1v) is 7.04. The van der Waals surface area contributed by atoms with Gasteiger partial charge in [0.25, 0.3) is 0 Å². The molecule has 0 aliphatic carbocycles. The van der Waals surface area contributed by atoms with Crippen LogP contribution in [0.3, 0.4) is 0 Å². The first-order valence-electron chi connectivity index (χ1n) is 7.04. The Kier molecular flexibility index (Phi) is 4.81. The van der Waals surface area contributed by atoms with E-state index in [9.17, 15) is 4.79 Å². The highest BCUT2D eigenvalue weighted by Crippen LogP contribution is 2.26. The second kappa shape index (κ2) is 6.59. The van der Waals surface area contributed by atoms with Gasteiger partial charge in [0.2, 0.25) is 0 Å². The number of benzene rings is 2. The smallest absolute Gasteiger partial charge is 0.303 e. The van der Waals surface area contributed by atoms with Gasteiger partial charge in [0.15, 0.2) is 0 Å². The summed E-state index contributed by atoms with van der Waals surface area (Å²) in [6, 6.07) is 11.8. The number of carbonyl (C=O) groups is 1. The number of ether oxygens (including phenoxy) is 1. The van der Waals surface area contributed by atoms with E-state index in [0.29, 0.717) is 6.42 Å². The molecular formula is C17H21NO3. The fourth-order valence-electron chi connectivity index (χ4n) is 2.55. The number of aliphatic carboxylic acids is 1. The SMILES string of the molecule is COc1ccc2cc(C(N)CC(C)CC(=O)O)ccc2c1. The summed E-state index contributed by atoms with van der Waals surface area (Å²) in [7, 11) is 1.65. The van der Waals surface area contributed by atoms with Crippen LogP contribution in [0.25, 0.3) is 10.8 Å². The predicted octanol–water partition coefficient (Wildman–Crippen LogP) is 3.35. The lowest BCUT2D eigenvalue weighted by molar-refractivity contribution is -0.138. The molecule has 4 nitrogen and oxygen atoms in total. The molecule has 4 heteroatoms.